The molecule has 0 radical (unpaired) electrons. The molecule has 0 spiro atoms. The van der Waals surface area contributed by atoms with Gasteiger partial charge in [-0.05, 0) is 57.3 Å². The third-order valence-corrected chi connectivity index (χ3v) is 8.75. The smallest absolute Gasteiger partial charge is 0.165 e. The molecule has 7 aromatic carbocycles. The first-order valence-electron chi connectivity index (χ1n) is 15.7. The van der Waals surface area contributed by atoms with Gasteiger partial charge in [0.1, 0.15) is 11.2 Å². The Labute approximate surface area is 271 Å². The fourth-order valence-electron chi connectivity index (χ4n) is 6.42. The Morgan fingerprint density at radius 3 is 1.72 bits per heavy atom. The standard InChI is InChI=1S/C43H27N3O/c1-3-11-28(12-4-1)30-19-22-31(23-20-30)35-25-26-38-39(36-17-9-10-18-37(36)47-38)40(35)43-45-41(32-14-5-2-6-15-32)44-42(46-43)34-24-21-29-13-7-8-16-33(29)27-34/h1-27H. The zero-order chi connectivity index (χ0) is 31.2. The van der Waals surface area contributed by atoms with Crippen LogP contribution in [0.2, 0.25) is 0 Å². The fourth-order valence-corrected chi connectivity index (χ4v) is 6.42. The summed E-state index contributed by atoms with van der Waals surface area (Å²) in [5.41, 5.74) is 8.84. The Bertz CT molecular complexity index is 2550. The molecule has 4 heteroatoms. The van der Waals surface area contributed by atoms with Crippen molar-refractivity contribution in [2.45, 2.75) is 0 Å². The second-order valence-electron chi connectivity index (χ2n) is 11.6. The molecule has 0 amide bonds. The third kappa shape index (κ3) is 4.84. The molecule has 0 aliphatic rings. The van der Waals surface area contributed by atoms with Gasteiger partial charge in [-0.1, -0.05) is 140 Å². The van der Waals surface area contributed by atoms with E-state index in [2.05, 4.69) is 109 Å². The van der Waals surface area contributed by atoms with Crippen LogP contribution < -0.4 is 0 Å². The van der Waals surface area contributed by atoms with E-state index in [4.69, 9.17) is 19.4 Å². The molecule has 4 nitrogen and oxygen atoms in total. The van der Waals surface area contributed by atoms with Crippen LogP contribution in [-0.2, 0) is 0 Å². The molecule has 0 N–H and O–H groups in total. The number of aromatic nitrogens is 3. The van der Waals surface area contributed by atoms with Crippen LogP contribution in [0.15, 0.2) is 168 Å². The summed E-state index contributed by atoms with van der Waals surface area (Å²) in [5.74, 6) is 1.84. The normalized spacial score (nSPS) is 11.4. The number of para-hydroxylation sites is 1. The second-order valence-corrected chi connectivity index (χ2v) is 11.6. The van der Waals surface area contributed by atoms with Gasteiger partial charge >= 0.3 is 0 Å². The van der Waals surface area contributed by atoms with Gasteiger partial charge in [0.15, 0.2) is 17.5 Å². The first-order chi connectivity index (χ1) is 23.3. The van der Waals surface area contributed by atoms with E-state index in [1.165, 1.54) is 10.9 Å². The van der Waals surface area contributed by atoms with Crippen molar-refractivity contribution in [2.24, 2.45) is 0 Å². The molecular formula is C43H27N3O. The van der Waals surface area contributed by atoms with Crippen LogP contribution in [0.3, 0.4) is 0 Å². The highest BCUT2D eigenvalue weighted by Gasteiger charge is 2.22. The molecular weight excluding hydrogens is 574 g/mol. The second kappa shape index (κ2) is 11.2. The van der Waals surface area contributed by atoms with Crippen LogP contribution >= 0.6 is 0 Å². The number of nitrogens with zero attached hydrogens (tertiary/aromatic N) is 3. The van der Waals surface area contributed by atoms with E-state index < -0.39 is 0 Å². The van der Waals surface area contributed by atoms with E-state index in [-0.39, 0.29) is 0 Å². The van der Waals surface area contributed by atoms with Gasteiger partial charge in [0.05, 0.1) is 0 Å². The van der Waals surface area contributed by atoms with Gasteiger partial charge in [-0.15, -0.1) is 0 Å². The van der Waals surface area contributed by atoms with Gasteiger partial charge in [0, 0.05) is 27.5 Å². The maximum Gasteiger partial charge on any atom is 0.165 e. The highest BCUT2D eigenvalue weighted by atomic mass is 16.3. The summed E-state index contributed by atoms with van der Waals surface area (Å²) in [6.45, 7) is 0. The maximum absolute atomic E-state index is 6.39. The lowest BCUT2D eigenvalue weighted by atomic mass is 9.93. The summed E-state index contributed by atoms with van der Waals surface area (Å²) < 4.78 is 6.39. The van der Waals surface area contributed by atoms with Gasteiger partial charge in [0.2, 0.25) is 0 Å². The lowest BCUT2D eigenvalue weighted by molar-refractivity contribution is 0.669. The van der Waals surface area contributed by atoms with E-state index in [1.807, 2.05) is 54.6 Å². The van der Waals surface area contributed by atoms with Gasteiger partial charge in [-0.2, -0.15) is 0 Å². The van der Waals surface area contributed by atoms with E-state index in [9.17, 15) is 0 Å². The van der Waals surface area contributed by atoms with E-state index in [0.29, 0.717) is 17.5 Å². The predicted octanol–water partition coefficient (Wildman–Crippen LogP) is 11.3. The number of rotatable bonds is 5. The molecule has 9 aromatic rings. The molecule has 0 unspecified atom stereocenters. The predicted molar refractivity (Wildman–Crippen MR) is 192 cm³/mol. The van der Waals surface area contributed by atoms with Crippen LogP contribution in [0.25, 0.3) is 89.1 Å². The van der Waals surface area contributed by atoms with Crippen molar-refractivity contribution in [1.29, 1.82) is 0 Å². The summed E-state index contributed by atoms with van der Waals surface area (Å²) in [7, 11) is 0. The summed E-state index contributed by atoms with van der Waals surface area (Å²) in [4.78, 5) is 15.5. The van der Waals surface area contributed by atoms with Gasteiger partial charge in [0.25, 0.3) is 0 Å². The summed E-state index contributed by atoms with van der Waals surface area (Å²) in [5, 5.41) is 4.31. The Hall–Kier alpha value is -6.39. The Balaban J connectivity index is 1.32. The Morgan fingerprint density at radius 2 is 0.936 bits per heavy atom. The molecule has 47 heavy (non-hydrogen) atoms. The van der Waals surface area contributed by atoms with E-state index in [0.717, 1.165) is 60.7 Å². The van der Waals surface area contributed by atoms with Crippen LogP contribution in [0.5, 0.6) is 0 Å². The highest BCUT2D eigenvalue weighted by Crippen LogP contribution is 2.42. The molecule has 0 bridgehead atoms. The number of benzene rings is 7. The topological polar surface area (TPSA) is 51.8 Å². The molecule has 0 aliphatic heterocycles. The largest absolute Gasteiger partial charge is 0.456 e. The maximum atomic E-state index is 6.39. The first-order valence-corrected chi connectivity index (χ1v) is 15.7. The first kappa shape index (κ1) is 27.0. The quantitative estimate of drug-likeness (QED) is 0.197. The Morgan fingerprint density at radius 1 is 0.362 bits per heavy atom. The summed E-state index contributed by atoms with van der Waals surface area (Å²) >= 11 is 0. The number of fused-ring (bicyclic) bond motifs is 4. The third-order valence-electron chi connectivity index (χ3n) is 8.75. The van der Waals surface area contributed by atoms with E-state index in [1.54, 1.807) is 0 Å². The van der Waals surface area contributed by atoms with Gasteiger partial charge in [-0.3, -0.25) is 0 Å². The van der Waals surface area contributed by atoms with Gasteiger partial charge < -0.3 is 4.42 Å². The van der Waals surface area contributed by atoms with Crippen molar-refractivity contribution in [2.75, 3.05) is 0 Å². The molecule has 0 fully saturated rings. The van der Waals surface area contributed by atoms with Crippen LogP contribution in [0, 0.1) is 0 Å². The van der Waals surface area contributed by atoms with Crippen LogP contribution in [-0.4, -0.2) is 15.0 Å². The zero-order valence-electron chi connectivity index (χ0n) is 25.3. The average molecular weight is 602 g/mol. The molecule has 220 valence electrons. The molecule has 0 saturated carbocycles. The number of hydrogen-bond donors (Lipinski definition) is 0. The van der Waals surface area contributed by atoms with Crippen molar-refractivity contribution in [3.8, 4) is 56.4 Å². The van der Waals surface area contributed by atoms with E-state index >= 15 is 0 Å². The van der Waals surface area contributed by atoms with Crippen LogP contribution in [0.4, 0.5) is 0 Å². The molecule has 0 atom stereocenters. The van der Waals surface area contributed by atoms with Crippen molar-refractivity contribution in [1.82, 2.24) is 15.0 Å². The van der Waals surface area contributed by atoms with Crippen molar-refractivity contribution >= 4 is 32.7 Å². The van der Waals surface area contributed by atoms with Crippen molar-refractivity contribution in [3.63, 3.8) is 0 Å². The molecule has 2 aromatic heterocycles. The SMILES string of the molecule is c1ccc(-c2ccc(-c3ccc4oc5ccccc5c4c3-c3nc(-c4ccccc4)nc(-c4ccc5ccccc5c4)n3)cc2)cc1. The monoisotopic (exact) mass is 601 g/mol. The number of furan rings is 1. The number of hydrogen-bond acceptors (Lipinski definition) is 4. The molecule has 9 rings (SSSR count). The summed E-state index contributed by atoms with van der Waals surface area (Å²) in [6, 6.07) is 56.3. The fraction of sp³-hybridized carbons (Fsp3) is 0. The Kier molecular flexibility index (Phi) is 6.43. The highest BCUT2D eigenvalue weighted by molar-refractivity contribution is 6.15. The minimum absolute atomic E-state index is 0.598. The minimum Gasteiger partial charge on any atom is -0.456 e. The van der Waals surface area contributed by atoms with Gasteiger partial charge in [-0.25, -0.2) is 15.0 Å². The minimum atomic E-state index is 0.598. The van der Waals surface area contributed by atoms with Crippen LogP contribution in [0.1, 0.15) is 0 Å². The molecule has 2 heterocycles. The lowest BCUT2D eigenvalue weighted by Crippen LogP contribution is -2.01. The average Bonchev–Trinajstić information content (AvgIpc) is 3.54. The lowest BCUT2D eigenvalue weighted by Gasteiger charge is -2.14. The summed E-state index contributed by atoms with van der Waals surface area (Å²) in [6.07, 6.45) is 0. The zero-order valence-corrected chi connectivity index (χ0v) is 25.3. The molecule has 0 aliphatic carbocycles. The van der Waals surface area contributed by atoms with Crippen molar-refractivity contribution < 1.29 is 4.42 Å². The molecule has 0 saturated heterocycles. The van der Waals surface area contributed by atoms with Crippen molar-refractivity contribution in [3.05, 3.63) is 164 Å².